The quantitative estimate of drug-likeness (QED) is 0.747. The number of esters is 1. The Morgan fingerprint density at radius 2 is 2.00 bits per heavy atom. The third-order valence-electron chi connectivity index (χ3n) is 2.99. The number of halogens is 2. The number of aromatic nitrogens is 1. The first-order chi connectivity index (χ1) is 11.0. The Labute approximate surface area is 143 Å². The zero-order valence-electron chi connectivity index (χ0n) is 12.4. The Hall–Kier alpha value is -1.98. The highest BCUT2D eigenvalue weighted by Crippen LogP contribution is 2.21. The predicted molar refractivity (Wildman–Crippen MR) is 88.4 cm³/mol. The standard InChI is InChI=1S/C16H15Cl2NO4/c1-2-22-16(21)10-23-13-5-6-19(15(20)8-13)9-11-3-4-12(17)7-14(11)18/h3-8H,2,9-10H2,1H3. The summed E-state index contributed by atoms with van der Waals surface area (Å²) in [4.78, 5) is 23.3. The van der Waals surface area contributed by atoms with Crippen LogP contribution in [0, 0.1) is 0 Å². The van der Waals surface area contributed by atoms with Gasteiger partial charge in [0.15, 0.2) is 6.61 Å². The molecule has 0 aliphatic heterocycles. The predicted octanol–water partition coefficient (Wildman–Crippen LogP) is 3.15. The lowest BCUT2D eigenvalue weighted by Crippen LogP contribution is -2.20. The van der Waals surface area contributed by atoms with E-state index in [4.69, 9.17) is 32.7 Å². The summed E-state index contributed by atoms with van der Waals surface area (Å²) in [6.07, 6.45) is 1.58. The third kappa shape index (κ3) is 5.01. The van der Waals surface area contributed by atoms with Crippen LogP contribution in [0.1, 0.15) is 12.5 Å². The highest BCUT2D eigenvalue weighted by atomic mass is 35.5. The number of hydrogen-bond donors (Lipinski definition) is 0. The van der Waals surface area contributed by atoms with Crippen molar-refractivity contribution in [2.45, 2.75) is 13.5 Å². The van der Waals surface area contributed by atoms with Gasteiger partial charge < -0.3 is 14.0 Å². The Balaban J connectivity index is 2.07. The molecule has 0 saturated carbocycles. The van der Waals surface area contributed by atoms with Crippen molar-refractivity contribution in [3.63, 3.8) is 0 Å². The number of hydrogen-bond acceptors (Lipinski definition) is 4. The molecule has 0 N–H and O–H groups in total. The van der Waals surface area contributed by atoms with E-state index in [1.165, 1.54) is 10.6 Å². The van der Waals surface area contributed by atoms with Crippen LogP contribution in [0.4, 0.5) is 0 Å². The molecule has 0 radical (unpaired) electrons. The number of carbonyl (C=O) groups excluding carboxylic acids is 1. The SMILES string of the molecule is CCOC(=O)COc1ccn(Cc2ccc(Cl)cc2Cl)c(=O)c1. The number of pyridine rings is 1. The first kappa shape index (κ1) is 17.4. The van der Waals surface area contributed by atoms with E-state index in [0.29, 0.717) is 22.3 Å². The summed E-state index contributed by atoms with van der Waals surface area (Å²) in [7, 11) is 0. The van der Waals surface area contributed by atoms with Crippen molar-refractivity contribution >= 4 is 29.2 Å². The molecule has 1 aromatic carbocycles. The summed E-state index contributed by atoms with van der Waals surface area (Å²) in [5, 5.41) is 1.03. The normalized spacial score (nSPS) is 10.4. The van der Waals surface area contributed by atoms with Crippen molar-refractivity contribution in [1.29, 1.82) is 0 Å². The number of ether oxygens (including phenoxy) is 2. The number of benzene rings is 1. The van der Waals surface area contributed by atoms with Crippen LogP contribution >= 0.6 is 23.2 Å². The van der Waals surface area contributed by atoms with Crippen molar-refractivity contribution in [2.24, 2.45) is 0 Å². The summed E-state index contributed by atoms with van der Waals surface area (Å²) < 4.78 is 11.4. The summed E-state index contributed by atoms with van der Waals surface area (Å²) >= 11 is 11.9. The van der Waals surface area contributed by atoms with Crippen molar-refractivity contribution in [3.05, 3.63) is 62.5 Å². The highest BCUT2D eigenvalue weighted by Gasteiger charge is 2.07. The third-order valence-corrected chi connectivity index (χ3v) is 3.57. The van der Waals surface area contributed by atoms with Gasteiger partial charge in [0.25, 0.3) is 5.56 Å². The molecule has 7 heteroatoms. The first-order valence-corrected chi connectivity index (χ1v) is 7.68. The molecule has 2 rings (SSSR count). The maximum atomic E-state index is 12.1. The van der Waals surface area contributed by atoms with Gasteiger partial charge in [0.1, 0.15) is 5.75 Å². The Bertz CT molecular complexity index is 758. The zero-order valence-corrected chi connectivity index (χ0v) is 13.9. The second-order valence-electron chi connectivity index (χ2n) is 4.66. The van der Waals surface area contributed by atoms with Gasteiger partial charge in [-0.15, -0.1) is 0 Å². The molecule has 0 bridgehead atoms. The second-order valence-corrected chi connectivity index (χ2v) is 5.50. The van der Waals surface area contributed by atoms with E-state index in [2.05, 4.69) is 0 Å². The van der Waals surface area contributed by atoms with Crippen molar-refractivity contribution < 1.29 is 14.3 Å². The molecule has 0 fully saturated rings. The first-order valence-electron chi connectivity index (χ1n) is 6.92. The van der Waals surface area contributed by atoms with Crippen molar-refractivity contribution in [1.82, 2.24) is 4.57 Å². The van der Waals surface area contributed by atoms with Crippen LogP contribution in [0.2, 0.25) is 10.0 Å². The van der Waals surface area contributed by atoms with Crippen LogP contribution in [0.25, 0.3) is 0 Å². The van der Waals surface area contributed by atoms with Gasteiger partial charge in [-0.3, -0.25) is 4.79 Å². The maximum Gasteiger partial charge on any atom is 0.344 e. The molecule has 0 spiro atoms. The fourth-order valence-electron chi connectivity index (χ4n) is 1.89. The maximum absolute atomic E-state index is 12.1. The zero-order chi connectivity index (χ0) is 16.8. The number of carbonyl (C=O) groups is 1. The topological polar surface area (TPSA) is 57.5 Å². The molecular formula is C16H15Cl2NO4. The molecule has 122 valence electrons. The lowest BCUT2D eigenvalue weighted by molar-refractivity contribution is -0.145. The second kappa shape index (κ2) is 8.04. The van der Waals surface area contributed by atoms with Gasteiger partial charge in [0.2, 0.25) is 0 Å². The van der Waals surface area contributed by atoms with Crippen LogP contribution in [0.3, 0.4) is 0 Å². The lowest BCUT2D eigenvalue weighted by atomic mass is 10.2. The van der Waals surface area contributed by atoms with Crippen molar-refractivity contribution in [2.75, 3.05) is 13.2 Å². The van der Waals surface area contributed by atoms with E-state index in [0.717, 1.165) is 5.56 Å². The largest absolute Gasteiger partial charge is 0.482 e. The van der Waals surface area contributed by atoms with Gasteiger partial charge in [-0.2, -0.15) is 0 Å². The molecule has 5 nitrogen and oxygen atoms in total. The fraction of sp³-hybridized carbons (Fsp3) is 0.250. The van der Waals surface area contributed by atoms with E-state index in [9.17, 15) is 9.59 Å². The van der Waals surface area contributed by atoms with Gasteiger partial charge in [0.05, 0.1) is 13.2 Å². The minimum Gasteiger partial charge on any atom is -0.482 e. The van der Waals surface area contributed by atoms with Gasteiger partial charge in [-0.05, 0) is 30.7 Å². The minimum absolute atomic E-state index is 0.236. The van der Waals surface area contributed by atoms with Crippen molar-refractivity contribution in [3.8, 4) is 5.75 Å². The number of nitrogens with zero attached hydrogens (tertiary/aromatic N) is 1. The summed E-state index contributed by atoms with van der Waals surface area (Å²) in [6.45, 7) is 2.07. The Morgan fingerprint density at radius 3 is 2.65 bits per heavy atom. The summed E-state index contributed by atoms with van der Waals surface area (Å²) in [6, 6.07) is 8.01. The van der Waals surface area contributed by atoms with Gasteiger partial charge in [0, 0.05) is 22.3 Å². The van der Waals surface area contributed by atoms with Crippen LogP contribution in [0.15, 0.2) is 41.3 Å². The summed E-state index contributed by atoms with van der Waals surface area (Å²) in [5.74, 6) is -0.175. The van der Waals surface area contributed by atoms with Crippen LogP contribution < -0.4 is 10.3 Å². The van der Waals surface area contributed by atoms with E-state index < -0.39 is 5.97 Å². The Morgan fingerprint density at radius 1 is 1.22 bits per heavy atom. The van der Waals surface area contributed by atoms with Gasteiger partial charge in [-0.25, -0.2) is 4.79 Å². The van der Waals surface area contributed by atoms with E-state index in [1.807, 2.05) is 0 Å². The molecule has 0 amide bonds. The molecule has 1 heterocycles. The molecule has 0 unspecified atom stereocenters. The Kier molecular flexibility index (Phi) is 6.07. The molecule has 2 aromatic rings. The highest BCUT2D eigenvalue weighted by molar-refractivity contribution is 6.35. The monoisotopic (exact) mass is 355 g/mol. The van der Waals surface area contributed by atoms with Crippen LogP contribution in [0.5, 0.6) is 5.75 Å². The van der Waals surface area contributed by atoms with Gasteiger partial charge in [-0.1, -0.05) is 29.3 Å². The van der Waals surface area contributed by atoms with E-state index >= 15 is 0 Å². The lowest BCUT2D eigenvalue weighted by Gasteiger charge is -2.10. The molecule has 1 aromatic heterocycles. The van der Waals surface area contributed by atoms with Gasteiger partial charge >= 0.3 is 5.97 Å². The molecule has 0 atom stereocenters. The molecule has 0 aliphatic carbocycles. The van der Waals surface area contributed by atoms with Crippen LogP contribution in [-0.2, 0) is 16.1 Å². The number of rotatable bonds is 6. The van der Waals surface area contributed by atoms with E-state index in [-0.39, 0.29) is 18.8 Å². The smallest absolute Gasteiger partial charge is 0.344 e. The molecular weight excluding hydrogens is 341 g/mol. The molecule has 0 saturated heterocycles. The minimum atomic E-state index is -0.482. The van der Waals surface area contributed by atoms with Crippen LogP contribution in [-0.4, -0.2) is 23.8 Å². The average Bonchev–Trinajstić information content (AvgIpc) is 2.50. The molecule has 23 heavy (non-hydrogen) atoms. The van der Waals surface area contributed by atoms with E-state index in [1.54, 1.807) is 37.4 Å². The molecule has 0 aliphatic rings. The summed E-state index contributed by atoms with van der Waals surface area (Å²) in [5.41, 5.74) is 0.510. The fourth-order valence-corrected chi connectivity index (χ4v) is 2.36. The average molecular weight is 356 g/mol.